The van der Waals surface area contributed by atoms with Crippen molar-refractivity contribution < 1.29 is 9.53 Å². The summed E-state index contributed by atoms with van der Waals surface area (Å²) in [4.78, 5) is 17.3. The van der Waals surface area contributed by atoms with Crippen molar-refractivity contribution in [1.82, 2.24) is 15.1 Å². The molecule has 0 aliphatic carbocycles. The summed E-state index contributed by atoms with van der Waals surface area (Å²) < 4.78 is 5.21. The molecule has 2 heterocycles. The summed E-state index contributed by atoms with van der Waals surface area (Å²) in [5.41, 5.74) is 1.77. The first-order valence-electron chi connectivity index (χ1n) is 8.07. The maximum absolute atomic E-state index is 12.7. The van der Waals surface area contributed by atoms with Crippen LogP contribution in [0.25, 0.3) is 0 Å². The van der Waals surface area contributed by atoms with Crippen molar-refractivity contribution in [3.05, 3.63) is 29.3 Å². The monoisotopic (exact) mass is 339 g/mol. The highest BCUT2D eigenvalue weighted by Crippen LogP contribution is 2.22. The highest BCUT2D eigenvalue weighted by Gasteiger charge is 2.31. The summed E-state index contributed by atoms with van der Waals surface area (Å²) >= 11 is 0. The van der Waals surface area contributed by atoms with Gasteiger partial charge in [0.2, 0.25) is 0 Å². The first-order valence-corrected chi connectivity index (χ1v) is 8.07. The molecule has 2 fully saturated rings. The zero-order valence-electron chi connectivity index (χ0n) is 13.9. The zero-order valence-corrected chi connectivity index (χ0v) is 14.7. The minimum Gasteiger partial charge on any atom is -0.497 e. The predicted molar refractivity (Wildman–Crippen MR) is 93.7 cm³/mol. The number of carbonyl (C=O) groups excluding carboxylic acids is 1. The van der Waals surface area contributed by atoms with Gasteiger partial charge in [0.05, 0.1) is 7.11 Å². The van der Waals surface area contributed by atoms with Gasteiger partial charge in [0.15, 0.2) is 0 Å². The summed E-state index contributed by atoms with van der Waals surface area (Å²) in [7, 11) is 1.65. The quantitative estimate of drug-likeness (QED) is 0.907. The number of likely N-dealkylation sites (tertiary alicyclic amines) is 1. The van der Waals surface area contributed by atoms with Crippen LogP contribution < -0.4 is 10.1 Å². The van der Waals surface area contributed by atoms with Crippen molar-refractivity contribution in [2.75, 3.05) is 46.4 Å². The Morgan fingerprint density at radius 2 is 2.00 bits per heavy atom. The summed E-state index contributed by atoms with van der Waals surface area (Å²) in [5, 5.41) is 3.38. The Kier molecular flexibility index (Phi) is 6.27. The van der Waals surface area contributed by atoms with E-state index in [1.165, 1.54) is 0 Å². The van der Waals surface area contributed by atoms with E-state index in [9.17, 15) is 4.79 Å². The molecule has 1 amide bonds. The third-order valence-corrected chi connectivity index (χ3v) is 4.78. The van der Waals surface area contributed by atoms with Crippen LogP contribution in [-0.2, 0) is 0 Å². The number of carbonyl (C=O) groups is 1. The number of amides is 1. The van der Waals surface area contributed by atoms with Gasteiger partial charge in [-0.3, -0.25) is 9.69 Å². The average Bonchev–Trinajstić information content (AvgIpc) is 3.05. The van der Waals surface area contributed by atoms with Crippen LogP contribution in [0.4, 0.5) is 0 Å². The Bertz CT molecular complexity index is 547. The van der Waals surface area contributed by atoms with Crippen molar-refractivity contribution in [2.24, 2.45) is 0 Å². The number of hydrogen-bond donors (Lipinski definition) is 1. The fourth-order valence-corrected chi connectivity index (χ4v) is 3.45. The average molecular weight is 340 g/mol. The molecule has 0 radical (unpaired) electrons. The molecule has 0 spiro atoms. The van der Waals surface area contributed by atoms with E-state index >= 15 is 0 Å². The number of nitrogens with one attached hydrogen (secondary N) is 1. The molecule has 2 saturated heterocycles. The van der Waals surface area contributed by atoms with Gasteiger partial charge in [-0.1, -0.05) is 0 Å². The maximum atomic E-state index is 12.7. The standard InChI is InChI=1S/C17H25N3O2.ClH/c1-13-11-15(22-2)3-4-16(13)17(21)20-8-5-14(12-20)19-9-6-18-7-10-19;/h3-4,11,14,18H,5-10,12H2,1-2H3;1H. The Labute approximate surface area is 144 Å². The van der Waals surface area contributed by atoms with Crippen LogP contribution in [0.2, 0.25) is 0 Å². The topological polar surface area (TPSA) is 44.8 Å². The van der Waals surface area contributed by atoms with Crippen LogP contribution in [0.15, 0.2) is 18.2 Å². The summed E-state index contributed by atoms with van der Waals surface area (Å²) in [6, 6.07) is 6.19. The highest BCUT2D eigenvalue weighted by atomic mass is 35.5. The molecular formula is C17H26ClN3O2. The molecular weight excluding hydrogens is 314 g/mol. The van der Waals surface area contributed by atoms with Crippen LogP contribution in [0.5, 0.6) is 5.75 Å². The molecule has 1 unspecified atom stereocenters. The number of benzene rings is 1. The lowest BCUT2D eigenvalue weighted by atomic mass is 10.1. The van der Waals surface area contributed by atoms with Gasteiger partial charge in [-0.2, -0.15) is 0 Å². The second-order valence-corrected chi connectivity index (χ2v) is 6.16. The largest absolute Gasteiger partial charge is 0.497 e. The molecule has 1 aromatic rings. The van der Waals surface area contributed by atoms with Gasteiger partial charge in [-0.15, -0.1) is 12.4 Å². The molecule has 0 saturated carbocycles. The van der Waals surface area contributed by atoms with E-state index in [-0.39, 0.29) is 18.3 Å². The van der Waals surface area contributed by atoms with Crippen molar-refractivity contribution in [1.29, 1.82) is 0 Å². The third kappa shape index (κ3) is 3.97. The number of aryl methyl sites for hydroxylation is 1. The minimum absolute atomic E-state index is 0. The minimum atomic E-state index is 0. The predicted octanol–water partition coefficient (Wildman–Crippen LogP) is 1.55. The van der Waals surface area contributed by atoms with E-state index in [4.69, 9.17) is 4.74 Å². The normalized spacial score (nSPS) is 21.8. The number of halogens is 1. The molecule has 5 nitrogen and oxygen atoms in total. The van der Waals surface area contributed by atoms with Crippen molar-refractivity contribution >= 4 is 18.3 Å². The van der Waals surface area contributed by atoms with Crippen molar-refractivity contribution in [3.63, 3.8) is 0 Å². The number of ether oxygens (including phenoxy) is 1. The Hall–Kier alpha value is -1.30. The molecule has 1 aromatic carbocycles. The number of rotatable bonds is 3. The van der Waals surface area contributed by atoms with Crippen LogP contribution in [0.3, 0.4) is 0 Å². The fraction of sp³-hybridized carbons (Fsp3) is 0.588. The second kappa shape index (κ2) is 7.99. The van der Waals surface area contributed by atoms with Gasteiger partial charge in [0.25, 0.3) is 5.91 Å². The molecule has 128 valence electrons. The highest BCUT2D eigenvalue weighted by molar-refractivity contribution is 5.96. The van der Waals surface area contributed by atoms with Gasteiger partial charge >= 0.3 is 0 Å². The lowest BCUT2D eigenvalue weighted by Gasteiger charge is -2.32. The van der Waals surface area contributed by atoms with Gasteiger partial charge in [-0.25, -0.2) is 0 Å². The van der Waals surface area contributed by atoms with E-state index in [1.54, 1.807) is 7.11 Å². The molecule has 2 aliphatic heterocycles. The molecule has 23 heavy (non-hydrogen) atoms. The fourth-order valence-electron chi connectivity index (χ4n) is 3.45. The Morgan fingerprint density at radius 3 is 2.65 bits per heavy atom. The third-order valence-electron chi connectivity index (χ3n) is 4.78. The Morgan fingerprint density at radius 1 is 1.26 bits per heavy atom. The second-order valence-electron chi connectivity index (χ2n) is 6.16. The molecule has 2 aliphatic rings. The molecule has 1 N–H and O–H groups in total. The summed E-state index contributed by atoms with van der Waals surface area (Å²) in [6.45, 7) is 7.98. The van der Waals surface area contributed by atoms with Crippen LogP contribution in [0.1, 0.15) is 22.3 Å². The number of methoxy groups -OCH3 is 1. The zero-order chi connectivity index (χ0) is 15.5. The number of nitrogens with zero attached hydrogens (tertiary/aromatic N) is 2. The van der Waals surface area contributed by atoms with E-state index < -0.39 is 0 Å². The maximum Gasteiger partial charge on any atom is 0.254 e. The number of piperazine rings is 1. The van der Waals surface area contributed by atoms with Crippen LogP contribution in [0, 0.1) is 6.92 Å². The van der Waals surface area contributed by atoms with Crippen LogP contribution in [-0.4, -0.2) is 68.1 Å². The SMILES string of the molecule is COc1ccc(C(=O)N2CCC(N3CCNCC3)C2)c(C)c1.Cl. The van der Waals surface area contributed by atoms with Gasteiger partial charge in [0.1, 0.15) is 5.75 Å². The molecule has 0 aromatic heterocycles. The Balaban J connectivity index is 0.00000192. The van der Waals surface area contributed by atoms with Crippen LogP contribution >= 0.6 is 12.4 Å². The van der Waals surface area contributed by atoms with E-state index in [0.717, 1.165) is 62.6 Å². The first-order chi connectivity index (χ1) is 10.7. The number of hydrogen-bond acceptors (Lipinski definition) is 4. The lowest BCUT2D eigenvalue weighted by molar-refractivity contribution is 0.0772. The van der Waals surface area contributed by atoms with Gasteiger partial charge in [-0.05, 0) is 37.1 Å². The lowest BCUT2D eigenvalue weighted by Crippen LogP contribution is -2.49. The smallest absolute Gasteiger partial charge is 0.254 e. The molecule has 3 rings (SSSR count). The van der Waals surface area contributed by atoms with Crippen molar-refractivity contribution in [2.45, 2.75) is 19.4 Å². The van der Waals surface area contributed by atoms with E-state index in [1.807, 2.05) is 30.0 Å². The van der Waals surface area contributed by atoms with Gasteiger partial charge in [0, 0.05) is 50.9 Å². The van der Waals surface area contributed by atoms with E-state index in [0.29, 0.717) is 6.04 Å². The summed E-state index contributed by atoms with van der Waals surface area (Å²) in [6.07, 6.45) is 1.08. The summed E-state index contributed by atoms with van der Waals surface area (Å²) in [5.74, 6) is 0.951. The van der Waals surface area contributed by atoms with Gasteiger partial charge < -0.3 is 15.0 Å². The first kappa shape index (κ1) is 18.0. The molecule has 6 heteroatoms. The molecule has 0 bridgehead atoms. The van der Waals surface area contributed by atoms with E-state index in [2.05, 4.69) is 10.2 Å². The molecule has 1 atom stereocenters. The van der Waals surface area contributed by atoms with Crippen molar-refractivity contribution in [3.8, 4) is 5.75 Å².